The molecule has 2 aromatic carbocycles. The van der Waals surface area contributed by atoms with Crippen LogP contribution >= 0.6 is 0 Å². The average Bonchev–Trinajstić information content (AvgIpc) is 2.79. The van der Waals surface area contributed by atoms with Crippen LogP contribution < -0.4 is 9.57 Å². The lowest BCUT2D eigenvalue weighted by molar-refractivity contribution is -0.145. The zero-order valence-corrected chi connectivity index (χ0v) is 23.5. The molecule has 0 saturated carbocycles. The number of hydrogen-bond donors (Lipinski definition) is 1. The molecule has 0 radical (unpaired) electrons. The van der Waals surface area contributed by atoms with Crippen LogP contribution in [0, 0.1) is 11.3 Å². The Kier molecular flexibility index (Phi) is 10.1. The van der Waals surface area contributed by atoms with Crippen LogP contribution in [0.4, 0.5) is 0 Å². The maximum Gasteiger partial charge on any atom is 0.257 e. The molecule has 200 valence electrons. The van der Waals surface area contributed by atoms with Crippen molar-refractivity contribution in [3.63, 3.8) is 0 Å². The molecule has 1 amide bonds. The van der Waals surface area contributed by atoms with Gasteiger partial charge in [-0.05, 0) is 61.9 Å². The van der Waals surface area contributed by atoms with Crippen LogP contribution in [0.1, 0.15) is 46.1 Å². The number of hydrogen-bond acceptors (Lipinski definition) is 6. The first kappa shape index (κ1) is 29.8. The number of ether oxygens (including phenoxy) is 1. The Bertz CT molecular complexity index is 1210. The summed E-state index contributed by atoms with van der Waals surface area (Å²) in [5.41, 5.74) is -0.395. The van der Waals surface area contributed by atoms with E-state index in [1.807, 2.05) is 51.1 Å². The molecule has 1 N–H and O–H groups in total. The lowest BCUT2D eigenvalue weighted by Crippen LogP contribution is -2.58. The monoisotopic (exact) mass is 538 g/mol. The summed E-state index contributed by atoms with van der Waals surface area (Å²) in [7, 11) is -6.22. The Morgan fingerprint density at radius 2 is 1.61 bits per heavy atom. The third-order valence-electron chi connectivity index (χ3n) is 5.91. The van der Waals surface area contributed by atoms with E-state index in [9.17, 15) is 21.6 Å². The van der Waals surface area contributed by atoms with Gasteiger partial charge in [0.1, 0.15) is 15.6 Å². The van der Waals surface area contributed by atoms with Gasteiger partial charge in [-0.25, -0.2) is 16.8 Å². The molecule has 2 aromatic rings. The van der Waals surface area contributed by atoms with Crippen molar-refractivity contribution in [2.24, 2.45) is 11.3 Å². The Hall–Kier alpha value is -2.43. The molecule has 0 aromatic heterocycles. The van der Waals surface area contributed by atoms with Gasteiger partial charge >= 0.3 is 0 Å². The Balaban J connectivity index is 2.56. The van der Waals surface area contributed by atoms with Gasteiger partial charge < -0.3 is 4.74 Å². The van der Waals surface area contributed by atoms with E-state index in [0.717, 1.165) is 16.8 Å². The van der Waals surface area contributed by atoms with Gasteiger partial charge in [0.05, 0.1) is 29.2 Å². The van der Waals surface area contributed by atoms with E-state index < -0.39 is 37.2 Å². The minimum atomic E-state index is -4.16. The summed E-state index contributed by atoms with van der Waals surface area (Å²) >= 11 is 0. The van der Waals surface area contributed by atoms with Crippen LogP contribution in [0.3, 0.4) is 0 Å². The molecule has 8 nitrogen and oxygen atoms in total. The number of hydrazine groups is 1. The van der Waals surface area contributed by atoms with E-state index in [0.29, 0.717) is 18.6 Å². The predicted molar refractivity (Wildman–Crippen MR) is 142 cm³/mol. The van der Waals surface area contributed by atoms with Crippen molar-refractivity contribution >= 4 is 25.8 Å². The topological polar surface area (TPSA) is 110 Å². The normalized spacial score (nSPS) is 14.8. The number of carbonyl (C=O) groups is 1. The minimum Gasteiger partial charge on any atom is -0.497 e. The van der Waals surface area contributed by atoms with Crippen LogP contribution in [0.5, 0.6) is 5.75 Å². The second-order valence-corrected chi connectivity index (χ2v) is 13.7. The third kappa shape index (κ3) is 8.31. The van der Waals surface area contributed by atoms with E-state index in [-0.39, 0.29) is 23.0 Å². The lowest BCUT2D eigenvalue weighted by atomic mass is 9.82. The number of benzene rings is 2. The summed E-state index contributed by atoms with van der Waals surface area (Å²) in [6, 6.07) is 14.7. The van der Waals surface area contributed by atoms with Gasteiger partial charge in [0.15, 0.2) is 0 Å². The number of methoxy groups -OCH3 is 1. The highest BCUT2D eigenvalue weighted by Gasteiger charge is 2.43. The van der Waals surface area contributed by atoms with Crippen LogP contribution in [0.15, 0.2) is 59.5 Å². The second-order valence-electron chi connectivity index (χ2n) is 9.93. The van der Waals surface area contributed by atoms with E-state index in [4.69, 9.17) is 4.74 Å². The molecule has 0 aliphatic carbocycles. The molecule has 2 unspecified atom stereocenters. The standard InChI is InChI=1S/C26H38N2O6S2/c1-7-22(17-21-11-9-8-10-12-21)28(25(29)26(4,18-20(2)3)19-35(6,30)31)27-36(32,33)24-15-13-23(34-5)14-16-24/h8-16,20,22,27H,7,17-19H2,1-6H3. The zero-order valence-electron chi connectivity index (χ0n) is 21.9. The molecule has 36 heavy (non-hydrogen) atoms. The van der Waals surface area contributed by atoms with Crippen LogP contribution in [-0.2, 0) is 31.1 Å². The first-order valence-corrected chi connectivity index (χ1v) is 15.5. The molecule has 0 spiro atoms. The van der Waals surface area contributed by atoms with Crippen LogP contribution in [-0.4, -0.2) is 52.9 Å². The number of rotatable bonds is 13. The summed E-state index contributed by atoms with van der Waals surface area (Å²) in [5.74, 6) is -0.453. The molecular weight excluding hydrogens is 500 g/mol. The van der Waals surface area contributed by atoms with Gasteiger partial charge in [0.2, 0.25) is 5.91 Å². The second kappa shape index (κ2) is 12.2. The number of nitrogens with one attached hydrogen (secondary N) is 1. The fourth-order valence-electron chi connectivity index (χ4n) is 4.50. The fraction of sp³-hybridized carbons (Fsp3) is 0.500. The van der Waals surface area contributed by atoms with Crippen molar-refractivity contribution < 1.29 is 26.4 Å². The van der Waals surface area contributed by atoms with Crippen molar-refractivity contribution in [2.75, 3.05) is 19.1 Å². The number of carbonyl (C=O) groups excluding carboxylic acids is 1. The Morgan fingerprint density at radius 1 is 1.03 bits per heavy atom. The highest BCUT2D eigenvalue weighted by Crippen LogP contribution is 2.32. The van der Waals surface area contributed by atoms with Gasteiger partial charge in [0, 0.05) is 6.26 Å². The van der Waals surface area contributed by atoms with Gasteiger partial charge in [-0.15, -0.1) is 4.83 Å². The quantitative estimate of drug-likeness (QED) is 0.388. The van der Waals surface area contributed by atoms with Crippen LogP contribution in [0.2, 0.25) is 0 Å². The molecule has 10 heteroatoms. The summed E-state index contributed by atoms with van der Waals surface area (Å²) < 4.78 is 56.6. The summed E-state index contributed by atoms with van der Waals surface area (Å²) in [6.45, 7) is 7.27. The van der Waals surface area contributed by atoms with Crippen molar-refractivity contribution in [2.45, 2.75) is 57.9 Å². The Morgan fingerprint density at radius 3 is 2.08 bits per heavy atom. The first-order chi connectivity index (χ1) is 16.7. The largest absolute Gasteiger partial charge is 0.497 e. The van der Waals surface area contributed by atoms with E-state index in [2.05, 4.69) is 4.83 Å². The molecule has 0 bridgehead atoms. The summed E-state index contributed by atoms with van der Waals surface area (Å²) in [4.78, 5) is 16.6. The maximum atomic E-state index is 14.1. The molecule has 2 atom stereocenters. The smallest absolute Gasteiger partial charge is 0.257 e. The number of sulfone groups is 1. The average molecular weight is 539 g/mol. The van der Waals surface area contributed by atoms with E-state index >= 15 is 0 Å². The maximum absolute atomic E-state index is 14.1. The van der Waals surface area contributed by atoms with E-state index in [1.54, 1.807) is 6.92 Å². The molecule has 0 heterocycles. The molecule has 0 aliphatic rings. The third-order valence-corrected chi connectivity index (χ3v) is 8.40. The predicted octanol–water partition coefficient (Wildman–Crippen LogP) is 3.84. The first-order valence-electron chi connectivity index (χ1n) is 11.9. The SMILES string of the molecule is CCC(Cc1ccccc1)N(NS(=O)(=O)c1ccc(OC)cc1)C(=O)C(C)(CC(C)C)CS(C)(=O)=O. The van der Waals surface area contributed by atoms with Crippen LogP contribution in [0.25, 0.3) is 0 Å². The van der Waals surface area contributed by atoms with E-state index in [1.165, 1.54) is 31.4 Å². The summed E-state index contributed by atoms with van der Waals surface area (Å²) in [5, 5.41) is 1.14. The zero-order chi connectivity index (χ0) is 27.1. The highest BCUT2D eigenvalue weighted by molar-refractivity contribution is 7.90. The van der Waals surface area contributed by atoms with Gasteiger partial charge in [-0.3, -0.25) is 9.80 Å². The highest BCUT2D eigenvalue weighted by atomic mass is 32.2. The molecule has 0 fully saturated rings. The molecule has 0 saturated heterocycles. The van der Waals surface area contributed by atoms with Gasteiger partial charge in [0.25, 0.3) is 10.0 Å². The fourth-order valence-corrected chi connectivity index (χ4v) is 6.99. The number of nitrogens with zero attached hydrogens (tertiary/aromatic N) is 1. The minimum absolute atomic E-state index is 0.00921. The molecular formula is C26H38N2O6S2. The number of sulfonamides is 1. The van der Waals surface area contributed by atoms with Gasteiger partial charge in [-0.2, -0.15) is 0 Å². The number of amides is 1. The lowest BCUT2D eigenvalue weighted by Gasteiger charge is -2.39. The van der Waals surface area contributed by atoms with Crippen molar-refractivity contribution in [1.29, 1.82) is 0 Å². The van der Waals surface area contributed by atoms with Gasteiger partial charge in [-0.1, -0.05) is 51.1 Å². The Labute approximate surface area is 216 Å². The molecule has 2 rings (SSSR count). The summed E-state index contributed by atoms with van der Waals surface area (Å²) in [6.07, 6.45) is 2.21. The van der Waals surface area contributed by atoms with Crippen molar-refractivity contribution in [3.05, 3.63) is 60.2 Å². The van der Waals surface area contributed by atoms with Crippen molar-refractivity contribution in [1.82, 2.24) is 9.84 Å². The van der Waals surface area contributed by atoms with Crippen molar-refractivity contribution in [3.8, 4) is 5.75 Å². The molecule has 0 aliphatic heterocycles.